The number of nitrogens with one attached hydrogen (secondary N) is 1. The summed E-state index contributed by atoms with van der Waals surface area (Å²) in [6, 6.07) is 11.5. The Balaban J connectivity index is 2.45. The van der Waals surface area contributed by atoms with E-state index in [2.05, 4.69) is 5.32 Å². The van der Waals surface area contributed by atoms with Gasteiger partial charge >= 0.3 is 0 Å². The van der Waals surface area contributed by atoms with Gasteiger partial charge in [-0.15, -0.1) is 0 Å². The number of amides is 2. The van der Waals surface area contributed by atoms with Gasteiger partial charge in [0.2, 0.25) is 21.8 Å². The minimum Gasteiger partial charge on any atom is -0.350 e. The molecule has 186 valence electrons. The zero-order chi connectivity index (χ0) is 25.8. The number of carbonyl (C=O) groups is 2. The maximum Gasteiger partial charge on any atom is 0.244 e. The summed E-state index contributed by atoms with van der Waals surface area (Å²) in [5.41, 5.74) is 2.35. The molecule has 1 unspecified atom stereocenters. The lowest BCUT2D eigenvalue weighted by atomic mass is 10.1. The van der Waals surface area contributed by atoms with Crippen LogP contribution in [0, 0.1) is 13.8 Å². The molecule has 0 saturated carbocycles. The van der Waals surface area contributed by atoms with E-state index in [1.165, 1.54) is 4.90 Å². The van der Waals surface area contributed by atoms with E-state index >= 15 is 0 Å². The average Bonchev–Trinajstić information content (AvgIpc) is 2.70. The first-order valence-electron chi connectivity index (χ1n) is 11.0. The lowest BCUT2D eigenvalue weighted by molar-refractivity contribution is -0.140. The lowest BCUT2D eigenvalue weighted by Gasteiger charge is -2.33. The molecule has 0 saturated heterocycles. The number of rotatable bonds is 8. The van der Waals surface area contributed by atoms with Crippen molar-refractivity contribution in [2.24, 2.45) is 0 Å². The van der Waals surface area contributed by atoms with Crippen LogP contribution in [0.3, 0.4) is 0 Å². The molecular weight excluding hydrogens is 474 g/mol. The molecule has 7 nitrogen and oxygen atoms in total. The molecule has 1 N–H and O–H groups in total. The van der Waals surface area contributed by atoms with Gasteiger partial charge < -0.3 is 10.2 Å². The molecule has 2 amide bonds. The molecule has 2 aromatic rings. The van der Waals surface area contributed by atoms with Crippen LogP contribution in [-0.4, -0.2) is 49.5 Å². The number of halogens is 1. The molecule has 0 heterocycles. The number of carbonyl (C=O) groups excluding carboxylic acids is 2. The number of sulfonamides is 1. The molecule has 2 aromatic carbocycles. The quantitative estimate of drug-likeness (QED) is 0.583. The van der Waals surface area contributed by atoms with Gasteiger partial charge in [-0.1, -0.05) is 35.9 Å². The van der Waals surface area contributed by atoms with Gasteiger partial charge in [-0.3, -0.25) is 13.9 Å². The molecule has 0 aliphatic rings. The summed E-state index contributed by atoms with van der Waals surface area (Å²) in [4.78, 5) is 27.9. The number of hydrogen-bond donors (Lipinski definition) is 1. The van der Waals surface area contributed by atoms with E-state index < -0.39 is 34.1 Å². The molecule has 0 aliphatic carbocycles. The Kier molecular flexibility index (Phi) is 8.77. The molecule has 2 rings (SSSR count). The minimum atomic E-state index is -3.78. The van der Waals surface area contributed by atoms with Crippen molar-refractivity contribution in [1.29, 1.82) is 0 Å². The van der Waals surface area contributed by atoms with Gasteiger partial charge in [-0.25, -0.2) is 8.42 Å². The number of benzene rings is 2. The predicted octanol–water partition coefficient (Wildman–Crippen LogP) is 4.05. The lowest BCUT2D eigenvalue weighted by Crippen LogP contribution is -2.54. The van der Waals surface area contributed by atoms with Crippen LogP contribution in [0.1, 0.15) is 44.4 Å². The van der Waals surface area contributed by atoms with Gasteiger partial charge in [0, 0.05) is 17.1 Å². The molecule has 0 bridgehead atoms. The van der Waals surface area contributed by atoms with Crippen LogP contribution in [-0.2, 0) is 26.2 Å². The van der Waals surface area contributed by atoms with E-state index in [1.807, 2.05) is 40.7 Å². The third kappa shape index (κ3) is 7.46. The van der Waals surface area contributed by atoms with E-state index in [4.69, 9.17) is 11.6 Å². The molecule has 0 aliphatic heterocycles. The van der Waals surface area contributed by atoms with Gasteiger partial charge in [-0.2, -0.15) is 0 Å². The molecule has 0 fully saturated rings. The summed E-state index contributed by atoms with van der Waals surface area (Å²) in [5.74, 6) is -0.830. The topological polar surface area (TPSA) is 86.8 Å². The van der Waals surface area contributed by atoms with Crippen molar-refractivity contribution in [2.45, 2.75) is 59.7 Å². The molecule has 34 heavy (non-hydrogen) atoms. The summed E-state index contributed by atoms with van der Waals surface area (Å²) in [6.45, 7) is 10.6. The van der Waals surface area contributed by atoms with Gasteiger partial charge in [0.05, 0.1) is 11.9 Å². The van der Waals surface area contributed by atoms with Crippen molar-refractivity contribution >= 4 is 39.1 Å². The molecule has 1 atom stereocenters. The Hall–Kier alpha value is -2.58. The Labute approximate surface area is 208 Å². The van der Waals surface area contributed by atoms with Crippen LogP contribution in [0.15, 0.2) is 42.5 Å². The Morgan fingerprint density at radius 1 is 1.09 bits per heavy atom. The summed E-state index contributed by atoms with van der Waals surface area (Å²) in [6.07, 6.45) is 1.07. The zero-order valence-corrected chi connectivity index (χ0v) is 22.4. The van der Waals surface area contributed by atoms with E-state index in [0.29, 0.717) is 10.7 Å². The highest BCUT2D eigenvalue weighted by molar-refractivity contribution is 7.92. The highest BCUT2D eigenvalue weighted by Crippen LogP contribution is 2.25. The number of aryl methyl sites for hydroxylation is 1. The van der Waals surface area contributed by atoms with Crippen LogP contribution in [0.25, 0.3) is 0 Å². The highest BCUT2D eigenvalue weighted by atomic mass is 35.5. The van der Waals surface area contributed by atoms with Crippen molar-refractivity contribution in [3.05, 3.63) is 64.2 Å². The Morgan fingerprint density at radius 2 is 1.71 bits per heavy atom. The second-order valence-corrected chi connectivity index (χ2v) is 11.9. The summed E-state index contributed by atoms with van der Waals surface area (Å²) < 4.78 is 26.5. The summed E-state index contributed by atoms with van der Waals surface area (Å²) >= 11 is 6.12. The molecule has 0 aromatic heterocycles. The highest BCUT2D eigenvalue weighted by Gasteiger charge is 2.31. The minimum absolute atomic E-state index is 0.0997. The smallest absolute Gasteiger partial charge is 0.244 e. The SMILES string of the molecule is Cc1cccc(N(CC(=O)N(Cc2cccc(Cl)c2)C(C)C(=O)NC(C)(C)C)S(C)(=O)=O)c1C. The summed E-state index contributed by atoms with van der Waals surface area (Å²) in [5, 5.41) is 3.40. The van der Waals surface area contributed by atoms with Crippen molar-refractivity contribution in [1.82, 2.24) is 10.2 Å². The fraction of sp³-hybridized carbons (Fsp3) is 0.440. The second kappa shape index (κ2) is 10.8. The molecular formula is C25H34ClN3O4S. The van der Waals surface area contributed by atoms with Crippen LogP contribution >= 0.6 is 11.6 Å². The standard InChI is InChI=1S/C25H34ClN3O4S/c1-17-10-8-13-22(18(17)2)29(34(7,32)33)16-23(30)28(15-20-11-9-12-21(26)14-20)19(3)24(31)27-25(4,5)6/h8-14,19H,15-16H2,1-7H3,(H,27,31). The second-order valence-electron chi connectivity index (χ2n) is 9.56. The normalized spacial score (nSPS) is 12.7. The van der Waals surface area contributed by atoms with Gasteiger partial charge in [0.1, 0.15) is 12.6 Å². The molecule has 0 spiro atoms. The fourth-order valence-electron chi connectivity index (χ4n) is 3.49. The molecule has 9 heteroatoms. The third-order valence-corrected chi connectivity index (χ3v) is 6.79. The van der Waals surface area contributed by atoms with Crippen molar-refractivity contribution in [2.75, 3.05) is 17.1 Å². The van der Waals surface area contributed by atoms with Crippen molar-refractivity contribution in [3.63, 3.8) is 0 Å². The zero-order valence-electron chi connectivity index (χ0n) is 20.8. The third-order valence-electron chi connectivity index (χ3n) is 5.43. The molecule has 0 radical (unpaired) electrons. The van der Waals surface area contributed by atoms with Gasteiger partial charge in [0.25, 0.3) is 0 Å². The van der Waals surface area contributed by atoms with Crippen LogP contribution in [0.4, 0.5) is 5.69 Å². The number of nitrogens with zero attached hydrogens (tertiary/aromatic N) is 2. The fourth-order valence-corrected chi connectivity index (χ4v) is 4.60. The first-order chi connectivity index (χ1) is 15.6. The Morgan fingerprint density at radius 3 is 2.26 bits per heavy atom. The largest absolute Gasteiger partial charge is 0.350 e. The van der Waals surface area contributed by atoms with E-state index in [1.54, 1.807) is 43.3 Å². The van der Waals surface area contributed by atoms with E-state index in [9.17, 15) is 18.0 Å². The first kappa shape index (κ1) is 27.7. The van der Waals surface area contributed by atoms with Gasteiger partial charge in [-0.05, 0) is 76.4 Å². The monoisotopic (exact) mass is 507 g/mol. The Bertz CT molecular complexity index is 1160. The van der Waals surface area contributed by atoms with Crippen LogP contribution in [0.2, 0.25) is 5.02 Å². The first-order valence-corrected chi connectivity index (χ1v) is 13.2. The number of anilines is 1. The van der Waals surface area contributed by atoms with Crippen molar-refractivity contribution in [3.8, 4) is 0 Å². The predicted molar refractivity (Wildman–Crippen MR) is 137 cm³/mol. The van der Waals surface area contributed by atoms with Gasteiger partial charge in [0.15, 0.2) is 0 Å². The van der Waals surface area contributed by atoms with E-state index in [-0.39, 0.29) is 12.5 Å². The van der Waals surface area contributed by atoms with Crippen LogP contribution in [0.5, 0.6) is 0 Å². The maximum atomic E-state index is 13.6. The van der Waals surface area contributed by atoms with Crippen molar-refractivity contribution < 1.29 is 18.0 Å². The summed E-state index contributed by atoms with van der Waals surface area (Å²) in [7, 11) is -3.78. The van der Waals surface area contributed by atoms with Crippen LogP contribution < -0.4 is 9.62 Å². The average molecular weight is 508 g/mol. The van der Waals surface area contributed by atoms with E-state index in [0.717, 1.165) is 27.3 Å². The number of hydrogen-bond acceptors (Lipinski definition) is 4. The maximum absolute atomic E-state index is 13.6.